The molecule has 4 heteroatoms. The summed E-state index contributed by atoms with van der Waals surface area (Å²) in [6.45, 7) is 8.14. The standard InChI is InChI=1S/C17H23BrN2O/c1-17(2,3)19-11-13-7-8-16(15(18)10-13)20(4)12-14-6-5-9-21-14/h5-10,19H,11-12H2,1-4H3. The van der Waals surface area contributed by atoms with E-state index in [1.54, 1.807) is 6.26 Å². The molecule has 0 aliphatic carbocycles. The van der Waals surface area contributed by atoms with Crippen molar-refractivity contribution in [2.45, 2.75) is 39.4 Å². The first kappa shape index (κ1) is 16.1. The van der Waals surface area contributed by atoms with Gasteiger partial charge in [0.2, 0.25) is 0 Å². The van der Waals surface area contributed by atoms with Crippen LogP contribution in [0.4, 0.5) is 5.69 Å². The van der Waals surface area contributed by atoms with E-state index in [0.717, 1.165) is 29.0 Å². The molecule has 3 nitrogen and oxygen atoms in total. The number of furan rings is 1. The van der Waals surface area contributed by atoms with E-state index in [-0.39, 0.29) is 5.54 Å². The predicted octanol–water partition coefficient (Wildman–Crippen LogP) is 4.57. The Morgan fingerprint density at radius 2 is 2.00 bits per heavy atom. The largest absolute Gasteiger partial charge is 0.467 e. The summed E-state index contributed by atoms with van der Waals surface area (Å²) in [5, 5.41) is 3.50. The predicted molar refractivity (Wildman–Crippen MR) is 91.5 cm³/mol. The van der Waals surface area contributed by atoms with Crippen LogP contribution in [0.25, 0.3) is 0 Å². The number of hydrogen-bond acceptors (Lipinski definition) is 3. The Hall–Kier alpha value is -1.26. The number of anilines is 1. The molecule has 0 unspecified atom stereocenters. The molecule has 0 saturated heterocycles. The van der Waals surface area contributed by atoms with E-state index in [0.29, 0.717) is 0 Å². The average Bonchev–Trinajstić information content (AvgIpc) is 2.88. The zero-order valence-electron chi connectivity index (χ0n) is 13.1. The van der Waals surface area contributed by atoms with Gasteiger partial charge in [-0.1, -0.05) is 6.07 Å². The van der Waals surface area contributed by atoms with Crippen molar-refractivity contribution in [2.24, 2.45) is 0 Å². The topological polar surface area (TPSA) is 28.4 Å². The van der Waals surface area contributed by atoms with Crippen LogP contribution in [0.2, 0.25) is 0 Å². The summed E-state index contributed by atoms with van der Waals surface area (Å²) in [5.41, 5.74) is 2.55. The van der Waals surface area contributed by atoms with Crippen molar-refractivity contribution in [1.29, 1.82) is 0 Å². The van der Waals surface area contributed by atoms with Gasteiger partial charge in [-0.3, -0.25) is 0 Å². The van der Waals surface area contributed by atoms with Gasteiger partial charge in [0.25, 0.3) is 0 Å². The van der Waals surface area contributed by atoms with Crippen molar-refractivity contribution < 1.29 is 4.42 Å². The number of nitrogens with zero attached hydrogens (tertiary/aromatic N) is 1. The molecule has 1 aromatic heterocycles. The third-order valence-electron chi connectivity index (χ3n) is 3.22. The number of halogens is 1. The maximum absolute atomic E-state index is 5.40. The summed E-state index contributed by atoms with van der Waals surface area (Å²) in [6.07, 6.45) is 1.71. The molecular weight excluding hydrogens is 328 g/mol. The van der Waals surface area contributed by atoms with Crippen LogP contribution in [0.15, 0.2) is 45.5 Å². The number of nitrogens with one attached hydrogen (secondary N) is 1. The lowest BCUT2D eigenvalue weighted by molar-refractivity contribution is 0.424. The van der Waals surface area contributed by atoms with Crippen molar-refractivity contribution in [2.75, 3.05) is 11.9 Å². The van der Waals surface area contributed by atoms with Crippen LogP contribution in [0.3, 0.4) is 0 Å². The average molecular weight is 351 g/mol. The van der Waals surface area contributed by atoms with Gasteiger partial charge in [-0.25, -0.2) is 0 Å². The fourth-order valence-electron chi connectivity index (χ4n) is 2.06. The van der Waals surface area contributed by atoms with E-state index in [2.05, 4.69) is 72.2 Å². The molecule has 0 aliphatic rings. The highest BCUT2D eigenvalue weighted by Crippen LogP contribution is 2.28. The Balaban J connectivity index is 2.04. The van der Waals surface area contributed by atoms with Crippen LogP contribution in [0, 0.1) is 0 Å². The van der Waals surface area contributed by atoms with Gasteiger partial charge in [-0.05, 0) is 66.5 Å². The first-order chi connectivity index (χ1) is 9.85. The molecule has 0 bridgehead atoms. The molecule has 2 rings (SSSR count). The normalized spacial score (nSPS) is 11.7. The smallest absolute Gasteiger partial charge is 0.123 e. The molecule has 0 spiro atoms. The molecule has 1 N–H and O–H groups in total. The monoisotopic (exact) mass is 350 g/mol. The van der Waals surface area contributed by atoms with E-state index in [1.165, 1.54) is 5.56 Å². The first-order valence-corrected chi connectivity index (χ1v) is 7.91. The lowest BCUT2D eigenvalue weighted by Gasteiger charge is -2.22. The van der Waals surface area contributed by atoms with Gasteiger partial charge < -0.3 is 14.6 Å². The summed E-state index contributed by atoms with van der Waals surface area (Å²) in [7, 11) is 2.07. The lowest BCUT2D eigenvalue weighted by atomic mass is 10.1. The van der Waals surface area contributed by atoms with Crippen LogP contribution >= 0.6 is 15.9 Å². The van der Waals surface area contributed by atoms with E-state index in [1.807, 2.05) is 12.1 Å². The second-order valence-corrected chi connectivity index (χ2v) is 7.18. The Labute approximate surface area is 135 Å². The molecule has 114 valence electrons. The Bertz CT molecular complexity index is 573. The van der Waals surface area contributed by atoms with Crippen molar-refractivity contribution in [3.63, 3.8) is 0 Å². The zero-order chi connectivity index (χ0) is 15.5. The van der Waals surface area contributed by atoms with Crippen LogP contribution in [0.1, 0.15) is 32.1 Å². The second-order valence-electron chi connectivity index (χ2n) is 6.32. The first-order valence-electron chi connectivity index (χ1n) is 7.12. The maximum atomic E-state index is 5.40. The van der Waals surface area contributed by atoms with Crippen LogP contribution < -0.4 is 10.2 Å². The van der Waals surface area contributed by atoms with Crippen molar-refractivity contribution in [3.8, 4) is 0 Å². The quantitative estimate of drug-likeness (QED) is 0.856. The lowest BCUT2D eigenvalue weighted by Crippen LogP contribution is -2.35. The van der Waals surface area contributed by atoms with Crippen molar-refractivity contribution in [1.82, 2.24) is 5.32 Å². The molecule has 0 fully saturated rings. The van der Waals surface area contributed by atoms with Crippen LogP contribution in [0.5, 0.6) is 0 Å². The number of hydrogen-bond donors (Lipinski definition) is 1. The van der Waals surface area contributed by atoms with Crippen LogP contribution in [-0.2, 0) is 13.1 Å². The molecule has 1 heterocycles. The van der Waals surface area contributed by atoms with Gasteiger partial charge in [0.05, 0.1) is 18.5 Å². The van der Waals surface area contributed by atoms with Crippen molar-refractivity contribution >= 4 is 21.6 Å². The van der Waals surface area contributed by atoms with E-state index >= 15 is 0 Å². The molecule has 0 saturated carbocycles. The van der Waals surface area contributed by atoms with Gasteiger partial charge in [-0.2, -0.15) is 0 Å². The van der Waals surface area contributed by atoms with Gasteiger partial charge in [0.1, 0.15) is 5.76 Å². The molecule has 2 aromatic rings. The van der Waals surface area contributed by atoms with E-state index in [9.17, 15) is 0 Å². The fourth-order valence-corrected chi connectivity index (χ4v) is 2.79. The van der Waals surface area contributed by atoms with Gasteiger partial charge in [0, 0.05) is 23.6 Å². The van der Waals surface area contributed by atoms with E-state index in [4.69, 9.17) is 4.42 Å². The molecular formula is C17H23BrN2O. The van der Waals surface area contributed by atoms with Gasteiger partial charge in [-0.15, -0.1) is 0 Å². The molecule has 21 heavy (non-hydrogen) atoms. The third kappa shape index (κ3) is 4.90. The minimum atomic E-state index is 0.126. The summed E-state index contributed by atoms with van der Waals surface area (Å²) in [5.74, 6) is 0.961. The highest BCUT2D eigenvalue weighted by molar-refractivity contribution is 9.10. The third-order valence-corrected chi connectivity index (χ3v) is 3.85. The van der Waals surface area contributed by atoms with Gasteiger partial charge in [0.15, 0.2) is 0 Å². The minimum Gasteiger partial charge on any atom is -0.467 e. The summed E-state index contributed by atoms with van der Waals surface area (Å²) < 4.78 is 6.50. The fraction of sp³-hybridized carbons (Fsp3) is 0.412. The van der Waals surface area contributed by atoms with Crippen molar-refractivity contribution in [3.05, 3.63) is 52.4 Å². The SMILES string of the molecule is CN(Cc1ccco1)c1ccc(CNC(C)(C)C)cc1Br. The Morgan fingerprint density at radius 3 is 2.57 bits per heavy atom. The Morgan fingerprint density at radius 1 is 1.24 bits per heavy atom. The number of benzene rings is 1. The van der Waals surface area contributed by atoms with Crippen LogP contribution in [-0.4, -0.2) is 12.6 Å². The summed E-state index contributed by atoms with van der Waals surface area (Å²) in [4.78, 5) is 2.17. The number of rotatable bonds is 5. The second kappa shape index (κ2) is 6.67. The van der Waals surface area contributed by atoms with Gasteiger partial charge >= 0.3 is 0 Å². The molecule has 1 aromatic carbocycles. The molecule has 0 atom stereocenters. The molecule has 0 radical (unpaired) electrons. The summed E-state index contributed by atoms with van der Waals surface area (Å²) >= 11 is 3.67. The minimum absolute atomic E-state index is 0.126. The zero-order valence-corrected chi connectivity index (χ0v) is 14.7. The Kier molecular flexibility index (Phi) is 5.12. The highest BCUT2D eigenvalue weighted by Gasteiger charge is 2.11. The molecule has 0 aliphatic heterocycles. The highest BCUT2D eigenvalue weighted by atomic mass is 79.9. The molecule has 0 amide bonds. The maximum Gasteiger partial charge on any atom is 0.123 e. The van der Waals surface area contributed by atoms with E-state index < -0.39 is 0 Å². The summed E-state index contributed by atoms with van der Waals surface area (Å²) in [6, 6.07) is 10.4.